The number of hydrogen-bond acceptors (Lipinski definition) is 6. The van der Waals surface area contributed by atoms with Crippen molar-refractivity contribution in [1.29, 1.82) is 0 Å². The minimum atomic E-state index is -0.440. The molecule has 4 rings (SSSR count). The van der Waals surface area contributed by atoms with Gasteiger partial charge in [-0.1, -0.05) is 41.6 Å². The lowest BCUT2D eigenvalue weighted by Gasteiger charge is -2.06. The number of aryl methyl sites for hydroxylation is 1. The third kappa shape index (κ3) is 4.50. The zero-order valence-corrected chi connectivity index (χ0v) is 17.8. The molecule has 0 spiro atoms. The van der Waals surface area contributed by atoms with E-state index in [4.69, 9.17) is 11.6 Å². The lowest BCUT2D eigenvalue weighted by Crippen LogP contribution is -2.20. The van der Waals surface area contributed by atoms with Crippen LogP contribution in [0.4, 0.5) is 5.69 Å². The maximum absolute atomic E-state index is 12.7. The van der Waals surface area contributed by atoms with Crippen LogP contribution in [0.3, 0.4) is 0 Å². The molecule has 0 saturated heterocycles. The normalized spacial score (nSPS) is 11.3. The molecule has 1 aromatic heterocycles. The summed E-state index contributed by atoms with van der Waals surface area (Å²) in [5.41, 5.74) is 0.732. The topological polar surface area (TPSA) is 90.4 Å². The summed E-state index contributed by atoms with van der Waals surface area (Å²) in [6.45, 7) is 1.68. The summed E-state index contributed by atoms with van der Waals surface area (Å²) in [6.07, 6.45) is 1.41. The van der Waals surface area contributed by atoms with E-state index in [1.165, 1.54) is 28.7 Å². The highest BCUT2D eigenvalue weighted by molar-refractivity contribution is 7.99. The molecule has 31 heavy (non-hydrogen) atoms. The van der Waals surface area contributed by atoms with Crippen molar-refractivity contribution < 1.29 is 4.92 Å². The van der Waals surface area contributed by atoms with Gasteiger partial charge in [-0.3, -0.25) is 14.9 Å². The van der Waals surface area contributed by atoms with Gasteiger partial charge in [0.15, 0.2) is 0 Å². The number of hydrogen-bond donors (Lipinski definition) is 0. The average molecular weight is 451 g/mol. The molecule has 0 fully saturated rings. The van der Waals surface area contributed by atoms with Gasteiger partial charge in [0, 0.05) is 21.5 Å². The quantitative estimate of drug-likeness (QED) is 0.234. The highest BCUT2D eigenvalue weighted by Crippen LogP contribution is 2.35. The van der Waals surface area contributed by atoms with Gasteiger partial charge in [0.1, 0.15) is 5.82 Å². The van der Waals surface area contributed by atoms with E-state index in [0.29, 0.717) is 32.2 Å². The Morgan fingerprint density at radius 1 is 1.13 bits per heavy atom. The number of aromatic nitrogens is 2. The standard InChI is InChI=1S/C22H15ClN4O3S/c1-14-25-19-5-3-2-4-18(19)22(28)26(14)24-13-15-6-11-21(20(12-15)27(29)30)31-17-9-7-16(23)8-10-17/h2-13H,1H3/b24-13-. The predicted octanol–water partition coefficient (Wildman–Crippen LogP) is 5.30. The molecule has 0 atom stereocenters. The van der Waals surface area contributed by atoms with Crippen molar-refractivity contribution in [1.82, 2.24) is 9.66 Å². The molecule has 0 aliphatic heterocycles. The summed E-state index contributed by atoms with van der Waals surface area (Å²) >= 11 is 7.17. The first-order chi connectivity index (χ1) is 14.9. The molecule has 154 valence electrons. The Balaban J connectivity index is 1.68. The van der Waals surface area contributed by atoms with Crippen LogP contribution in [0.15, 0.2) is 86.4 Å². The van der Waals surface area contributed by atoms with E-state index >= 15 is 0 Å². The van der Waals surface area contributed by atoms with E-state index in [-0.39, 0.29) is 11.2 Å². The molecule has 0 aliphatic carbocycles. The van der Waals surface area contributed by atoms with Crippen molar-refractivity contribution in [2.24, 2.45) is 5.10 Å². The SMILES string of the molecule is Cc1nc2ccccc2c(=O)n1/N=C\c1ccc(Sc2ccc(Cl)cc2)c([N+](=O)[O-])c1. The first-order valence-corrected chi connectivity index (χ1v) is 10.4. The molecule has 0 saturated carbocycles. The van der Waals surface area contributed by atoms with Crippen molar-refractivity contribution in [3.05, 3.63) is 104 Å². The van der Waals surface area contributed by atoms with Crippen LogP contribution < -0.4 is 5.56 Å². The number of nitrogens with zero attached hydrogens (tertiary/aromatic N) is 4. The summed E-state index contributed by atoms with van der Waals surface area (Å²) in [4.78, 5) is 29.6. The maximum Gasteiger partial charge on any atom is 0.283 e. The van der Waals surface area contributed by atoms with Gasteiger partial charge in [0.2, 0.25) is 0 Å². The van der Waals surface area contributed by atoms with Crippen molar-refractivity contribution >= 4 is 46.2 Å². The lowest BCUT2D eigenvalue weighted by molar-refractivity contribution is -0.387. The van der Waals surface area contributed by atoms with Crippen molar-refractivity contribution in [2.45, 2.75) is 16.7 Å². The zero-order valence-electron chi connectivity index (χ0n) is 16.2. The molecule has 4 aromatic rings. The molecule has 0 aliphatic rings. The highest BCUT2D eigenvalue weighted by atomic mass is 35.5. The molecule has 0 N–H and O–H groups in total. The van der Waals surface area contributed by atoms with Gasteiger partial charge in [0.25, 0.3) is 11.2 Å². The molecule has 9 heteroatoms. The van der Waals surface area contributed by atoms with E-state index in [9.17, 15) is 14.9 Å². The number of halogens is 1. The first kappa shape index (κ1) is 20.8. The number of nitro benzene ring substituents is 1. The summed E-state index contributed by atoms with van der Waals surface area (Å²) in [6, 6.07) is 18.9. The van der Waals surface area contributed by atoms with Crippen LogP contribution in [0.1, 0.15) is 11.4 Å². The Morgan fingerprint density at radius 2 is 1.87 bits per heavy atom. The largest absolute Gasteiger partial charge is 0.283 e. The third-order valence-corrected chi connectivity index (χ3v) is 5.78. The van der Waals surface area contributed by atoms with Gasteiger partial charge in [-0.15, -0.1) is 0 Å². The van der Waals surface area contributed by atoms with Gasteiger partial charge in [-0.25, -0.2) is 4.98 Å². The first-order valence-electron chi connectivity index (χ1n) is 9.17. The van der Waals surface area contributed by atoms with Crippen LogP contribution in [0.2, 0.25) is 5.02 Å². The minimum absolute atomic E-state index is 0.0513. The highest BCUT2D eigenvalue weighted by Gasteiger charge is 2.16. The van der Waals surface area contributed by atoms with E-state index in [0.717, 1.165) is 4.90 Å². The fraction of sp³-hybridized carbons (Fsp3) is 0.0455. The molecule has 3 aromatic carbocycles. The van der Waals surface area contributed by atoms with Gasteiger partial charge in [-0.2, -0.15) is 9.78 Å². The summed E-state index contributed by atoms with van der Waals surface area (Å²) in [5, 5.41) is 16.9. The molecule has 0 amide bonds. The molecule has 7 nitrogen and oxygen atoms in total. The van der Waals surface area contributed by atoms with Crippen molar-refractivity contribution in [2.75, 3.05) is 0 Å². The molecular weight excluding hydrogens is 436 g/mol. The minimum Gasteiger partial charge on any atom is -0.267 e. The van der Waals surface area contributed by atoms with Crippen LogP contribution >= 0.6 is 23.4 Å². The molecule has 1 heterocycles. The monoisotopic (exact) mass is 450 g/mol. The molecule has 0 bridgehead atoms. The van der Waals surface area contributed by atoms with Crippen LogP contribution in [-0.2, 0) is 0 Å². The average Bonchev–Trinajstić information content (AvgIpc) is 2.76. The Hall–Kier alpha value is -3.49. The number of benzene rings is 3. The second-order valence-corrected chi connectivity index (χ2v) is 8.13. The smallest absolute Gasteiger partial charge is 0.267 e. The summed E-state index contributed by atoms with van der Waals surface area (Å²) in [5.74, 6) is 0.421. The lowest BCUT2D eigenvalue weighted by atomic mass is 10.2. The van der Waals surface area contributed by atoms with Crippen LogP contribution in [-0.4, -0.2) is 20.8 Å². The third-order valence-electron chi connectivity index (χ3n) is 4.46. The van der Waals surface area contributed by atoms with E-state index in [1.807, 2.05) is 6.07 Å². The molecule has 0 unspecified atom stereocenters. The second kappa shape index (κ2) is 8.71. The van der Waals surface area contributed by atoms with Crippen LogP contribution in [0.25, 0.3) is 10.9 Å². The number of nitro groups is 1. The molecule has 0 radical (unpaired) electrons. The van der Waals surface area contributed by atoms with Gasteiger partial charge < -0.3 is 0 Å². The summed E-state index contributed by atoms with van der Waals surface area (Å²) < 4.78 is 1.19. The Labute approximate surface area is 186 Å². The van der Waals surface area contributed by atoms with Gasteiger partial charge >= 0.3 is 0 Å². The van der Waals surface area contributed by atoms with Crippen molar-refractivity contribution in [3.8, 4) is 0 Å². The number of fused-ring (bicyclic) bond motifs is 1. The zero-order chi connectivity index (χ0) is 22.0. The number of rotatable bonds is 5. The second-order valence-electron chi connectivity index (χ2n) is 6.58. The van der Waals surface area contributed by atoms with Crippen LogP contribution in [0, 0.1) is 17.0 Å². The Morgan fingerprint density at radius 3 is 2.61 bits per heavy atom. The maximum atomic E-state index is 12.7. The van der Waals surface area contributed by atoms with Crippen LogP contribution in [0.5, 0.6) is 0 Å². The van der Waals surface area contributed by atoms with E-state index < -0.39 is 4.92 Å². The number of para-hydroxylation sites is 1. The van der Waals surface area contributed by atoms with Gasteiger partial charge in [0.05, 0.1) is 26.9 Å². The van der Waals surface area contributed by atoms with Crippen molar-refractivity contribution in [3.63, 3.8) is 0 Å². The Bertz CT molecular complexity index is 1380. The van der Waals surface area contributed by atoms with E-state index in [2.05, 4.69) is 10.1 Å². The van der Waals surface area contributed by atoms with Gasteiger partial charge in [-0.05, 0) is 49.4 Å². The Kier molecular flexibility index (Phi) is 5.83. The summed E-state index contributed by atoms with van der Waals surface area (Å²) in [7, 11) is 0. The fourth-order valence-electron chi connectivity index (χ4n) is 2.97. The van der Waals surface area contributed by atoms with E-state index in [1.54, 1.807) is 61.5 Å². The predicted molar refractivity (Wildman–Crippen MR) is 122 cm³/mol. The fourth-order valence-corrected chi connectivity index (χ4v) is 3.99. The molecular formula is C22H15ClN4O3S.